The van der Waals surface area contributed by atoms with Crippen LogP contribution in [-0.2, 0) is 29.1 Å². The second-order valence-electron chi connectivity index (χ2n) is 13.3. The van der Waals surface area contributed by atoms with E-state index in [0.717, 1.165) is 56.7 Å². The number of hydrogen-bond acceptors (Lipinski definition) is 7. The number of rotatable bonds is 11. The quantitative estimate of drug-likeness (QED) is 0.172. The molecule has 0 bridgehead atoms. The number of likely N-dealkylation sites (tertiary alicyclic amines) is 2. The minimum absolute atomic E-state index is 0.0571. The highest BCUT2D eigenvalue weighted by Gasteiger charge is 2.33. The monoisotopic (exact) mass is 722 g/mol. The van der Waals surface area contributed by atoms with Crippen LogP contribution in [0.15, 0.2) is 71.6 Å². The molecule has 2 aliphatic heterocycles. The number of fused-ring (bicyclic) bond motifs is 1. The zero-order chi connectivity index (χ0) is 36.2. The molecule has 3 heterocycles. The predicted octanol–water partition coefficient (Wildman–Crippen LogP) is 7.49. The van der Waals surface area contributed by atoms with E-state index in [1.54, 1.807) is 13.0 Å². The molecular weight excluding hydrogens is 678 g/mol. The minimum atomic E-state index is -4.59. The highest BCUT2D eigenvalue weighted by molar-refractivity contribution is 7.91. The van der Waals surface area contributed by atoms with Gasteiger partial charge in [0.2, 0.25) is 0 Å². The highest BCUT2D eigenvalue weighted by Crippen LogP contribution is 2.39. The van der Waals surface area contributed by atoms with Gasteiger partial charge in [0, 0.05) is 41.7 Å². The topological polar surface area (TPSA) is 91.8 Å². The Balaban J connectivity index is 1.53. The van der Waals surface area contributed by atoms with Gasteiger partial charge in [0.05, 0.1) is 34.7 Å². The molecule has 272 valence electrons. The predicted molar refractivity (Wildman–Crippen MR) is 192 cm³/mol. The number of pyridine rings is 1. The lowest BCUT2D eigenvalue weighted by atomic mass is 9.93. The van der Waals surface area contributed by atoms with Crippen LogP contribution >= 0.6 is 0 Å². The average Bonchev–Trinajstić information content (AvgIpc) is 3.14. The average molecular weight is 723 g/mol. The third kappa shape index (κ3) is 8.39. The first-order valence-electron chi connectivity index (χ1n) is 17.8. The number of nitrogens with zero attached hydrogens (tertiary/aromatic N) is 3. The second-order valence-corrected chi connectivity index (χ2v) is 15.6. The SMILES string of the molecule is CCOc1cc2nc(-c3cccc(C(F)(F)F)c3)c(CN3CCC(N4CCCCC4)CC3)c(C(=O)NCc3ccccc3)c2cc1S(=O)(=O)CC. The van der Waals surface area contributed by atoms with Crippen LogP contribution in [0, 0.1) is 0 Å². The fourth-order valence-electron chi connectivity index (χ4n) is 7.29. The van der Waals surface area contributed by atoms with Crippen molar-refractivity contribution in [3.63, 3.8) is 0 Å². The molecule has 2 fully saturated rings. The molecule has 0 aliphatic carbocycles. The second kappa shape index (κ2) is 15.7. The zero-order valence-electron chi connectivity index (χ0n) is 29.1. The summed E-state index contributed by atoms with van der Waals surface area (Å²) in [5, 5.41) is 3.31. The molecule has 0 radical (unpaired) electrons. The van der Waals surface area contributed by atoms with E-state index in [2.05, 4.69) is 15.1 Å². The summed E-state index contributed by atoms with van der Waals surface area (Å²) in [5.41, 5.74) is 1.37. The van der Waals surface area contributed by atoms with Crippen molar-refractivity contribution in [1.29, 1.82) is 0 Å². The van der Waals surface area contributed by atoms with Gasteiger partial charge in [-0.15, -0.1) is 0 Å². The molecule has 1 amide bonds. The molecule has 0 atom stereocenters. The molecule has 1 N–H and O–H groups in total. The van der Waals surface area contributed by atoms with Crippen molar-refractivity contribution >= 4 is 26.6 Å². The van der Waals surface area contributed by atoms with Gasteiger partial charge in [0.25, 0.3) is 5.91 Å². The molecule has 0 saturated carbocycles. The van der Waals surface area contributed by atoms with Crippen LogP contribution in [-0.4, -0.2) is 73.7 Å². The number of piperidine rings is 2. The maximum atomic E-state index is 14.5. The van der Waals surface area contributed by atoms with Gasteiger partial charge in [-0.05, 0) is 82.5 Å². The molecule has 4 aromatic rings. The van der Waals surface area contributed by atoms with Crippen molar-refractivity contribution in [2.75, 3.05) is 38.5 Å². The van der Waals surface area contributed by atoms with Gasteiger partial charge in [-0.3, -0.25) is 9.69 Å². The van der Waals surface area contributed by atoms with Gasteiger partial charge in [-0.1, -0.05) is 55.8 Å². The summed E-state index contributed by atoms with van der Waals surface area (Å²) in [5.74, 6) is -0.581. The lowest BCUT2D eigenvalue weighted by molar-refractivity contribution is -0.137. The molecule has 12 heteroatoms. The summed E-state index contributed by atoms with van der Waals surface area (Å²) in [6.07, 6.45) is 0.936. The first-order chi connectivity index (χ1) is 24.5. The van der Waals surface area contributed by atoms with E-state index < -0.39 is 27.5 Å². The van der Waals surface area contributed by atoms with Crippen molar-refractivity contribution in [1.82, 2.24) is 20.1 Å². The number of carbonyl (C=O) groups is 1. The zero-order valence-corrected chi connectivity index (χ0v) is 30.0. The van der Waals surface area contributed by atoms with Gasteiger partial charge in [0.15, 0.2) is 9.84 Å². The molecule has 8 nitrogen and oxygen atoms in total. The van der Waals surface area contributed by atoms with Crippen LogP contribution in [0.1, 0.15) is 73.0 Å². The number of amides is 1. The fourth-order valence-corrected chi connectivity index (χ4v) is 8.32. The van der Waals surface area contributed by atoms with E-state index in [-0.39, 0.29) is 58.4 Å². The third-order valence-corrected chi connectivity index (χ3v) is 11.7. The standard InChI is InChI=1S/C39H45F3N4O4S/c1-3-50-34-24-33-31(23-35(34)51(48,49)4-2)36(38(47)43-25-27-12-7-5-8-13-27)32(37(44-33)28-14-11-15-29(22-28)39(40,41)42)26-45-20-16-30(17-21-45)46-18-9-6-10-19-46/h5,7-8,11-15,22-24,30H,3-4,6,9-10,16-21,25-26H2,1-2H3,(H,43,47). The Hall–Kier alpha value is -4.00. The van der Waals surface area contributed by atoms with E-state index in [0.29, 0.717) is 17.0 Å². The van der Waals surface area contributed by atoms with Gasteiger partial charge in [-0.25, -0.2) is 13.4 Å². The molecule has 6 rings (SSSR count). The van der Waals surface area contributed by atoms with E-state index >= 15 is 0 Å². The Labute approximate surface area is 297 Å². The number of aromatic nitrogens is 1. The molecule has 1 aromatic heterocycles. The van der Waals surface area contributed by atoms with Gasteiger partial charge in [0.1, 0.15) is 10.6 Å². The number of alkyl halides is 3. The molecule has 0 spiro atoms. The Bertz CT molecular complexity index is 1960. The van der Waals surface area contributed by atoms with Gasteiger partial charge >= 0.3 is 6.18 Å². The molecular formula is C39H45F3N4O4S. The van der Waals surface area contributed by atoms with Crippen molar-refractivity contribution in [3.8, 4) is 17.0 Å². The maximum absolute atomic E-state index is 14.5. The first-order valence-corrected chi connectivity index (χ1v) is 19.5. The number of sulfone groups is 1. The molecule has 3 aromatic carbocycles. The van der Waals surface area contributed by atoms with Crippen LogP contribution < -0.4 is 10.1 Å². The van der Waals surface area contributed by atoms with E-state index in [1.807, 2.05) is 30.3 Å². The lowest BCUT2D eigenvalue weighted by Gasteiger charge is -2.40. The first kappa shape index (κ1) is 36.8. The summed E-state index contributed by atoms with van der Waals surface area (Å²) >= 11 is 0. The van der Waals surface area contributed by atoms with Crippen molar-refractivity contribution in [2.45, 2.75) is 76.2 Å². The van der Waals surface area contributed by atoms with Crippen molar-refractivity contribution < 1.29 is 31.1 Å². The Morgan fingerprint density at radius 3 is 2.33 bits per heavy atom. The lowest BCUT2D eigenvalue weighted by Crippen LogP contribution is -2.46. The number of benzene rings is 3. The van der Waals surface area contributed by atoms with Crippen LogP contribution in [0.5, 0.6) is 5.75 Å². The van der Waals surface area contributed by atoms with E-state index in [1.165, 1.54) is 44.4 Å². The summed E-state index contributed by atoms with van der Waals surface area (Å²) in [6, 6.07) is 17.8. The van der Waals surface area contributed by atoms with E-state index in [9.17, 15) is 26.4 Å². The smallest absolute Gasteiger partial charge is 0.416 e. The Kier molecular flexibility index (Phi) is 11.3. The number of hydrogen-bond donors (Lipinski definition) is 1. The number of carbonyl (C=O) groups excluding carboxylic acids is 1. The number of halogens is 3. The van der Waals surface area contributed by atoms with Crippen LogP contribution in [0.4, 0.5) is 13.2 Å². The van der Waals surface area contributed by atoms with Crippen LogP contribution in [0.25, 0.3) is 22.2 Å². The largest absolute Gasteiger partial charge is 0.492 e. The molecule has 2 saturated heterocycles. The summed E-state index contributed by atoms with van der Waals surface area (Å²) < 4.78 is 74.6. The fraction of sp³-hybridized carbons (Fsp3) is 0.436. The van der Waals surface area contributed by atoms with Crippen LogP contribution in [0.2, 0.25) is 0 Å². The molecule has 0 unspecified atom stereocenters. The Morgan fingerprint density at radius 2 is 1.67 bits per heavy atom. The summed E-state index contributed by atoms with van der Waals surface area (Å²) in [6.45, 7) is 7.56. The summed E-state index contributed by atoms with van der Waals surface area (Å²) in [4.78, 5) is 24.1. The van der Waals surface area contributed by atoms with Gasteiger partial charge in [-0.2, -0.15) is 13.2 Å². The summed E-state index contributed by atoms with van der Waals surface area (Å²) in [7, 11) is -3.81. The maximum Gasteiger partial charge on any atom is 0.416 e. The van der Waals surface area contributed by atoms with Gasteiger partial charge < -0.3 is 15.0 Å². The van der Waals surface area contributed by atoms with Crippen molar-refractivity contribution in [3.05, 3.63) is 89.0 Å². The van der Waals surface area contributed by atoms with Crippen molar-refractivity contribution in [2.24, 2.45) is 0 Å². The minimum Gasteiger partial charge on any atom is -0.492 e. The Morgan fingerprint density at radius 1 is 0.941 bits per heavy atom. The molecule has 51 heavy (non-hydrogen) atoms. The highest BCUT2D eigenvalue weighted by atomic mass is 32.2. The number of ether oxygens (including phenoxy) is 1. The molecule has 2 aliphatic rings. The van der Waals surface area contributed by atoms with E-state index in [4.69, 9.17) is 9.72 Å². The number of nitrogens with one attached hydrogen (secondary N) is 1. The normalized spacial score (nSPS) is 16.7. The van der Waals surface area contributed by atoms with Crippen LogP contribution in [0.3, 0.4) is 0 Å². The third-order valence-electron chi connectivity index (χ3n) is 10.00.